The lowest BCUT2D eigenvalue weighted by Crippen LogP contribution is -2.44. The molecule has 0 aliphatic rings. The summed E-state index contributed by atoms with van der Waals surface area (Å²) in [6.45, 7) is 0.968. The molecule has 0 aromatic carbocycles. The molecule has 78 valence electrons. The van der Waals surface area contributed by atoms with Crippen molar-refractivity contribution in [2.75, 3.05) is 41.4 Å². The summed E-state index contributed by atoms with van der Waals surface area (Å²) in [5, 5.41) is 0. The van der Waals surface area contributed by atoms with E-state index in [0.29, 0.717) is 13.2 Å². The normalized spacial score (nSPS) is 12.4. The van der Waals surface area contributed by atoms with Crippen molar-refractivity contribution in [1.82, 2.24) is 9.80 Å². The fraction of sp³-hybridized carbons (Fsp3) is 0.875. The van der Waals surface area contributed by atoms with Gasteiger partial charge in [0, 0.05) is 40.8 Å². The predicted octanol–water partition coefficient (Wildman–Crippen LogP) is -0.426. The molecule has 0 aromatic rings. The maximum Gasteiger partial charge on any atom is 0.319 e. The van der Waals surface area contributed by atoms with E-state index in [4.69, 9.17) is 10.5 Å². The third-order valence-electron chi connectivity index (χ3n) is 1.60. The Kier molecular flexibility index (Phi) is 5.41. The summed E-state index contributed by atoms with van der Waals surface area (Å²) in [7, 11) is 6.73. The first-order chi connectivity index (χ1) is 5.99. The van der Waals surface area contributed by atoms with E-state index in [-0.39, 0.29) is 12.1 Å². The SMILES string of the molecule is COCC(N)CN(C)C(=O)N(C)C. The number of carbonyl (C=O) groups excluding carboxylic acids is 1. The summed E-state index contributed by atoms with van der Waals surface area (Å²) >= 11 is 0. The van der Waals surface area contributed by atoms with Crippen LogP contribution in [-0.2, 0) is 4.74 Å². The number of urea groups is 1. The summed E-state index contributed by atoms with van der Waals surface area (Å²) in [4.78, 5) is 14.4. The van der Waals surface area contributed by atoms with Gasteiger partial charge in [-0.1, -0.05) is 0 Å². The van der Waals surface area contributed by atoms with Crippen LogP contribution in [0.1, 0.15) is 0 Å². The van der Waals surface area contributed by atoms with Crippen molar-refractivity contribution in [2.45, 2.75) is 6.04 Å². The highest BCUT2D eigenvalue weighted by Gasteiger charge is 2.13. The molecular weight excluding hydrogens is 170 g/mol. The molecule has 0 saturated heterocycles. The minimum absolute atomic E-state index is 0.0495. The Balaban J connectivity index is 3.85. The molecule has 13 heavy (non-hydrogen) atoms. The first-order valence-corrected chi connectivity index (χ1v) is 4.16. The molecule has 0 spiro atoms. The van der Waals surface area contributed by atoms with E-state index in [1.54, 1.807) is 33.2 Å². The van der Waals surface area contributed by atoms with Crippen LogP contribution in [0.15, 0.2) is 0 Å². The topological polar surface area (TPSA) is 58.8 Å². The van der Waals surface area contributed by atoms with Crippen LogP contribution in [0.25, 0.3) is 0 Å². The molecule has 0 rings (SSSR count). The number of amides is 2. The van der Waals surface area contributed by atoms with Gasteiger partial charge in [-0.15, -0.1) is 0 Å². The largest absolute Gasteiger partial charge is 0.383 e. The summed E-state index contributed by atoms with van der Waals surface area (Å²) in [6, 6.07) is -0.176. The minimum atomic E-state index is -0.126. The Labute approximate surface area is 79.4 Å². The molecule has 0 bridgehead atoms. The lowest BCUT2D eigenvalue weighted by Gasteiger charge is -2.24. The second-order valence-corrected chi connectivity index (χ2v) is 3.27. The third kappa shape index (κ3) is 4.69. The van der Waals surface area contributed by atoms with Gasteiger partial charge in [-0.3, -0.25) is 0 Å². The van der Waals surface area contributed by atoms with Gasteiger partial charge >= 0.3 is 6.03 Å². The van der Waals surface area contributed by atoms with Crippen LogP contribution in [0.4, 0.5) is 4.79 Å². The molecule has 0 fully saturated rings. The van der Waals surface area contributed by atoms with E-state index in [0.717, 1.165) is 0 Å². The minimum Gasteiger partial charge on any atom is -0.383 e. The number of nitrogens with two attached hydrogens (primary N) is 1. The van der Waals surface area contributed by atoms with Crippen molar-refractivity contribution in [3.8, 4) is 0 Å². The van der Waals surface area contributed by atoms with E-state index >= 15 is 0 Å². The summed E-state index contributed by atoms with van der Waals surface area (Å²) in [6.07, 6.45) is 0. The number of carbonyl (C=O) groups is 1. The lowest BCUT2D eigenvalue weighted by atomic mass is 10.3. The molecule has 2 amide bonds. The van der Waals surface area contributed by atoms with Gasteiger partial charge in [0.15, 0.2) is 0 Å². The van der Waals surface area contributed by atoms with Crippen molar-refractivity contribution in [1.29, 1.82) is 0 Å². The first kappa shape index (κ1) is 12.2. The van der Waals surface area contributed by atoms with Crippen LogP contribution >= 0.6 is 0 Å². The number of nitrogens with zero attached hydrogens (tertiary/aromatic N) is 2. The summed E-state index contributed by atoms with van der Waals surface area (Å²) < 4.78 is 4.87. The third-order valence-corrected chi connectivity index (χ3v) is 1.60. The average Bonchev–Trinajstić information content (AvgIpc) is 2.03. The quantitative estimate of drug-likeness (QED) is 0.653. The highest BCUT2D eigenvalue weighted by Crippen LogP contribution is 1.92. The molecule has 5 nitrogen and oxygen atoms in total. The van der Waals surface area contributed by atoms with Crippen LogP contribution in [0.5, 0.6) is 0 Å². The molecule has 0 aliphatic carbocycles. The monoisotopic (exact) mass is 189 g/mol. The van der Waals surface area contributed by atoms with Crippen molar-refractivity contribution >= 4 is 6.03 Å². The molecule has 0 aromatic heterocycles. The molecule has 1 unspecified atom stereocenters. The van der Waals surface area contributed by atoms with Crippen molar-refractivity contribution in [3.63, 3.8) is 0 Å². The van der Waals surface area contributed by atoms with Gasteiger partial charge in [0.25, 0.3) is 0 Å². The van der Waals surface area contributed by atoms with Crippen molar-refractivity contribution < 1.29 is 9.53 Å². The summed E-state index contributed by atoms with van der Waals surface area (Å²) in [5.41, 5.74) is 5.69. The lowest BCUT2D eigenvalue weighted by molar-refractivity contribution is 0.151. The van der Waals surface area contributed by atoms with E-state index in [2.05, 4.69) is 0 Å². The van der Waals surface area contributed by atoms with Gasteiger partial charge in [-0.25, -0.2) is 4.79 Å². The molecule has 0 saturated carbocycles. The number of ether oxygens (including phenoxy) is 1. The Hall–Kier alpha value is -0.810. The van der Waals surface area contributed by atoms with Gasteiger partial charge in [0.05, 0.1) is 6.61 Å². The van der Waals surface area contributed by atoms with E-state index in [9.17, 15) is 4.79 Å². The zero-order valence-corrected chi connectivity index (χ0v) is 8.78. The second-order valence-electron chi connectivity index (χ2n) is 3.27. The van der Waals surface area contributed by atoms with Crippen LogP contribution < -0.4 is 5.73 Å². The Morgan fingerprint density at radius 3 is 2.38 bits per heavy atom. The van der Waals surface area contributed by atoms with E-state index in [1.165, 1.54) is 4.90 Å². The van der Waals surface area contributed by atoms with Gasteiger partial charge < -0.3 is 20.3 Å². The van der Waals surface area contributed by atoms with Gasteiger partial charge in [0.2, 0.25) is 0 Å². The van der Waals surface area contributed by atoms with Gasteiger partial charge in [0.1, 0.15) is 0 Å². The molecular formula is C8H19N3O2. The zero-order chi connectivity index (χ0) is 10.4. The zero-order valence-electron chi connectivity index (χ0n) is 8.78. The van der Waals surface area contributed by atoms with Crippen molar-refractivity contribution in [2.24, 2.45) is 5.73 Å². The standard InChI is InChI=1S/C8H19N3O2/c1-10(2)8(12)11(3)5-7(9)6-13-4/h7H,5-6,9H2,1-4H3. The van der Waals surface area contributed by atoms with Crippen LogP contribution in [0, 0.1) is 0 Å². The number of hydrogen-bond acceptors (Lipinski definition) is 3. The number of hydrogen-bond donors (Lipinski definition) is 1. The maximum absolute atomic E-state index is 11.3. The van der Waals surface area contributed by atoms with E-state index in [1.807, 2.05) is 0 Å². The van der Waals surface area contributed by atoms with Crippen LogP contribution in [0.2, 0.25) is 0 Å². The predicted molar refractivity (Wildman–Crippen MR) is 51.6 cm³/mol. The Morgan fingerprint density at radius 2 is 2.00 bits per heavy atom. The van der Waals surface area contributed by atoms with Crippen LogP contribution in [0.3, 0.4) is 0 Å². The Bertz CT molecular complexity index is 161. The fourth-order valence-electron chi connectivity index (χ4n) is 1.04. The molecule has 0 radical (unpaired) electrons. The Morgan fingerprint density at radius 1 is 1.46 bits per heavy atom. The smallest absolute Gasteiger partial charge is 0.319 e. The van der Waals surface area contributed by atoms with Gasteiger partial charge in [-0.05, 0) is 0 Å². The highest BCUT2D eigenvalue weighted by atomic mass is 16.5. The average molecular weight is 189 g/mol. The van der Waals surface area contributed by atoms with Gasteiger partial charge in [-0.2, -0.15) is 0 Å². The maximum atomic E-state index is 11.3. The molecule has 0 aliphatic heterocycles. The highest BCUT2D eigenvalue weighted by molar-refractivity contribution is 5.73. The molecule has 1 atom stereocenters. The molecule has 0 heterocycles. The first-order valence-electron chi connectivity index (χ1n) is 4.16. The fourth-order valence-corrected chi connectivity index (χ4v) is 1.04. The molecule has 5 heteroatoms. The second kappa shape index (κ2) is 5.77. The number of likely N-dealkylation sites (N-methyl/N-ethyl adjacent to an activating group) is 1. The van der Waals surface area contributed by atoms with E-state index < -0.39 is 0 Å². The number of methoxy groups -OCH3 is 1. The molecule has 2 N–H and O–H groups in total. The summed E-state index contributed by atoms with van der Waals surface area (Å²) in [5.74, 6) is 0. The van der Waals surface area contributed by atoms with Crippen molar-refractivity contribution in [3.05, 3.63) is 0 Å². The number of rotatable bonds is 4. The van der Waals surface area contributed by atoms with Crippen LogP contribution in [-0.4, -0.2) is 63.3 Å².